The Labute approximate surface area is 137 Å². The van der Waals surface area contributed by atoms with E-state index in [9.17, 15) is 0 Å². The van der Waals surface area contributed by atoms with Gasteiger partial charge < -0.3 is 14.8 Å². The Morgan fingerprint density at radius 1 is 1.24 bits per heavy atom. The molecule has 1 N–H and O–H groups in total. The van der Waals surface area contributed by atoms with Crippen LogP contribution >= 0.6 is 27.3 Å². The van der Waals surface area contributed by atoms with Gasteiger partial charge >= 0.3 is 0 Å². The third kappa shape index (κ3) is 3.25. The number of fused-ring (bicyclic) bond motifs is 1. The maximum Gasteiger partial charge on any atom is 0.161 e. The first kappa shape index (κ1) is 14.9. The smallest absolute Gasteiger partial charge is 0.161 e. The molecular formula is C16H18BrNO2S. The molecule has 0 bridgehead atoms. The summed E-state index contributed by atoms with van der Waals surface area (Å²) in [6, 6.07) is 6.38. The Morgan fingerprint density at radius 2 is 2.05 bits per heavy atom. The molecule has 21 heavy (non-hydrogen) atoms. The van der Waals surface area contributed by atoms with E-state index in [4.69, 9.17) is 9.47 Å². The second-order valence-electron chi connectivity index (χ2n) is 4.97. The van der Waals surface area contributed by atoms with E-state index in [1.165, 1.54) is 11.1 Å². The van der Waals surface area contributed by atoms with Crippen LogP contribution in [-0.2, 0) is 0 Å². The summed E-state index contributed by atoms with van der Waals surface area (Å²) in [5, 5.41) is 7.92. The predicted octanol–water partition coefficient (Wildman–Crippen LogP) is 4.37. The number of nitrogens with one attached hydrogen (secondary N) is 1. The molecule has 0 amide bonds. The second kappa shape index (κ2) is 6.81. The molecule has 1 aromatic carbocycles. The van der Waals surface area contributed by atoms with Gasteiger partial charge in [0.1, 0.15) is 13.2 Å². The third-order valence-corrected chi connectivity index (χ3v) is 5.20. The summed E-state index contributed by atoms with van der Waals surface area (Å²) in [7, 11) is 0. The molecule has 2 heterocycles. The summed E-state index contributed by atoms with van der Waals surface area (Å²) >= 11 is 5.35. The minimum atomic E-state index is 0.168. The van der Waals surface area contributed by atoms with E-state index < -0.39 is 0 Å². The van der Waals surface area contributed by atoms with E-state index in [-0.39, 0.29) is 6.04 Å². The molecule has 1 aliphatic heterocycles. The van der Waals surface area contributed by atoms with Crippen molar-refractivity contribution in [2.45, 2.75) is 19.4 Å². The molecule has 0 aliphatic carbocycles. The van der Waals surface area contributed by atoms with Crippen LogP contribution in [-0.4, -0.2) is 19.8 Å². The van der Waals surface area contributed by atoms with Crippen LogP contribution in [0.2, 0.25) is 0 Å². The fraction of sp³-hybridized carbons (Fsp3) is 0.375. The van der Waals surface area contributed by atoms with Crippen molar-refractivity contribution in [1.29, 1.82) is 0 Å². The standard InChI is InChI=1S/C16H18BrNO2S/c1-2-5-18-16(12-9-21-10-13(12)17)11-3-4-14-15(8-11)20-7-6-19-14/h3-4,8-10,16,18H,2,5-7H2,1H3. The van der Waals surface area contributed by atoms with E-state index in [1.807, 2.05) is 6.07 Å². The number of hydrogen-bond donors (Lipinski definition) is 1. The molecule has 3 rings (SSSR count). The maximum atomic E-state index is 5.70. The van der Waals surface area contributed by atoms with Gasteiger partial charge in [-0.05, 0) is 57.5 Å². The normalized spacial score (nSPS) is 15.0. The van der Waals surface area contributed by atoms with Gasteiger partial charge in [0.05, 0.1) is 6.04 Å². The van der Waals surface area contributed by atoms with Crippen LogP contribution in [0.5, 0.6) is 11.5 Å². The van der Waals surface area contributed by atoms with Crippen molar-refractivity contribution in [2.75, 3.05) is 19.8 Å². The zero-order chi connectivity index (χ0) is 14.7. The van der Waals surface area contributed by atoms with Crippen molar-refractivity contribution in [1.82, 2.24) is 5.32 Å². The average Bonchev–Trinajstić information content (AvgIpc) is 2.94. The van der Waals surface area contributed by atoms with Gasteiger partial charge in [-0.15, -0.1) is 0 Å². The maximum absolute atomic E-state index is 5.70. The molecule has 1 unspecified atom stereocenters. The van der Waals surface area contributed by atoms with Crippen LogP contribution in [0.3, 0.4) is 0 Å². The molecule has 1 aliphatic rings. The zero-order valence-electron chi connectivity index (χ0n) is 11.9. The minimum Gasteiger partial charge on any atom is -0.486 e. The van der Waals surface area contributed by atoms with Crippen LogP contribution in [0.15, 0.2) is 33.4 Å². The summed E-state index contributed by atoms with van der Waals surface area (Å²) in [6.45, 7) is 4.39. The molecule has 0 radical (unpaired) electrons. The van der Waals surface area contributed by atoms with E-state index in [0.717, 1.165) is 28.9 Å². The topological polar surface area (TPSA) is 30.5 Å². The molecule has 0 spiro atoms. The van der Waals surface area contributed by atoms with Gasteiger partial charge in [0, 0.05) is 9.85 Å². The second-order valence-corrected chi connectivity index (χ2v) is 6.56. The van der Waals surface area contributed by atoms with Crippen molar-refractivity contribution < 1.29 is 9.47 Å². The first-order chi connectivity index (χ1) is 10.3. The van der Waals surface area contributed by atoms with Crippen molar-refractivity contribution in [3.63, 3.8) is 0 Å². The first-order valence-electron chi connectivity index (χ1n) is 7.14. The molecule has 0 fully saturated rings. The summed E-state index contributed by atoms with van der Waals surface area (Å²) in [4.78, 5) is 0. The summed E-state index contributed by atoms with van der Waals surface area (Å²) in [6.07, 6.45) is 1.10. The van der Waals surface area contributed by atoms with E-state index in [1.54, 1.807) is 11.3 Å². The van der Waals surface area contributed by atoms with Crippen LogP contribution in [0.1, 0.15) is 30.5 Å². The van der Waals surface area contributed by atoms with Gasteiger partial charge in [0.25, 0.3) is 0 Å². The Balaban J connectivity index is 1.94. The summed E-state index contributed by atoms with van der Waals surface area (Å²) in [5.41, 5.74) is 2.47. The highest BCUT2D eigenvalue weighted by molar-refractivity contribution is 9.10. The van der Waals surface area contributed by atoms with Gasteiger partial charge in [-0.3, -0.25) is 0 Å². The number of thiophene rings is 1. The van der Waals surface area contributed by atoms with E-state index in [0.29, 0.717) is 13.2 Å². The van der Waals surface area contributed by atoms with Crippen molar-refractivity contribution >= 4 is 27.3 Å². The van der Waals surface area contributed by atoms with Crippen molar-refractivity contribution in [3.05, 3.63) is 44.6 Å². The molecule has 0 saturated carbocycles. The molecule has 2 aromatic rings. The fourth-order valence-electron chi connectivity index (χ4n) is 2.43. The number of ether oxygens (including phenoxy) is 2. The SMILES string of the molecule is CCCNC(c1ccc2c(c1)OCCO2)c1cscc1Br. The Morgan fingerprint density at radius 3 is 2.76 bits per heavy atom. The van der Waals surface area contributed by atoms with Gasteiger partial charge in [-0.1, -0.05) is 13.0 Å². The lowest BCUT2D eigenvalue weighted by atomic mass is 10.0. The number of benzene rings is 1. The van der Waals surface area contributed by atoms with Crippen molar-refractivity contribution in [3.8, 4) is 11.5 Å². The van der Waals surface area contributed by atoms with Gasteiger partial charge in [-0.2, -0.15) is 11.3 Å². The molecule has 3 nitrogen and oxygen atoms in total. The van der Waals surface area contributed by atoms with Gasteiger partial charge in [0.2, 0.25) is 0 Å². The third-order valence-electron chi connectivity index (χ3n) is 3.45. The predicted molar refractivity (Wildman–Crippen MR) is 89.6 cm³/mol. The summed E-state index contributed by atoms with van der Waals surface area (Å²) < 4.78 is 12.5. The fourth-order valence-corrected chi connectivity index (χ4v) is 3.98. The molecule has 1 aromatic heterocycles. The molecule has 1 atom stereocenters. The van der Waals surface area contributed by atoms with Crippen LogP contribution in [0, 0.1) is 0 Å². The largest absolute Gasteiger partial charge is 0.486 e. The Hall–Kier alpha value is -1.04. The average molecular weight is 368 g/mol. The molecular weight excluding hydrogens is 350 g/mol. The molecule has 112 valence electrons. The lowest BCUT2D eigenvalue weighted by Crippen LogP contribution is -2.23. The molecule has 0 saturated heterocycles. The molecule has 5 heteroatoms. The lowest BCUT2D eigenvalue weighted by molar-refractivity contribution is 0.171. The van der Waals surface area contributed by atoms with Crippen LogP contribution in [0.25, 0.3) is 0 Å². The van der Waals surface area contributed by atoms with E-state index >= 15 is 0 Å². The number of rotatable bonds is 5. The highest BCUT2D eigenvalue weighted by Crippen LogP contribution is 2.37. The number of hydrogen-bond acceptors (Lipinski definition) is 4. The quantitative estimate of drug-likeness (QED) is 0.850. The Kier molecular flexibility index (Phi) is 4.83. The lowest BCUT2D eigenvalue weighted by Gasteiger charge is -2.23. The first-order valence-corrected chi connectivity index (χ1v) is 8.87. The van der Waals surface area contributed by atoms with Crippen LogP contribution in [0.4, 0.5) is 0 Å². The van der Waals surface area contributed by atoms with Crippen molar-refractivity contribution in [2.24, 2.45) is 0 Å². The minimum absolute atomic E-state index is 0.168. The Bertz CT molecular complexity index is 614. The zero-order valence-corrected chi connectivity index (χ0v) is 14.3. The van der Waals surface area contributed by atoms with Gasteiger partial charge in [-0.25, -0.2) is 0 Å². The van der Waals surface area contributed by atoms with Crippen LogP contribution < -0.4 is 14.8 Å². The van der Waals surface area contributed by atoms with Gasteiger partial charge in [0.15, 0.2) is 11.5 Å². The summed E-state index contributed by atoms with van der Waals surface area (Å²) in [5.74, 6) is 1.68. The number of halogens is 1. The highest BCUT2D eigenvalue weighted by atomic mass is 79.9. The van der Waals surface area contributed by atoms with E-state index in [2.05, 4.69) is 51.1 Å². The monoisotopic (exact) mass is 367 g/mol. The highest BCUT2D eigenvalue weighted by Gasteiger charge is 2.20.